The summed E-state index contributed by atoms with van der Waals surface area (Å²) in [6, 6.07) is 5.51. The van der Waals surface area contributed by atoms with Crippen LogP contribution in [0.5, 0.6) is 11.5 Å². The quantitative estimate of drug-likeness (QED) is 0.817. The molecule has 1 aliphatic heterocycles. The molecule has 2 N–H and O–H groups in total. The SMILES string of the molecule is CC(C)Oc1cc(N)cc(OCC2CCOC2)c1. The maximum Gasteiger partial charge on any atom is 0.125 e. The number of ether oxygens (including phenoxy) is 3. The fourth-order valence-corrected chi connectivity index (χ4v) is 1.95. The summed E-state index contributed by atoms with van der Waals surface area (Å²) in [5.74, 6) is 2.00. The van der Waals surface area contributed by atoms with Gasteiger partial charge in [-0.05, 0) is 20.3 Å². The molecule has 0 radical (unpaired) electrons. The van der Waals surface area contributed by atoms with Gasteiger partial charge in [0.15, 0.2) is 0 Å². The van der Waals surface area contributed by atoms with Crippen molar-refractivity contribution in [3.8, 4) is 11.5 Å². The highest BCUT2D eigenvalue weighted by Gasteiger charge is 2.16. The van der Waals surface area contributed by atoms with Gasteiger partial charge in [-0.1, -0.05) is 0 Å². The van der Waals surface area contributed by atoms with E-state index in [0.717, 1.165) is 31.1 Å². The van der Waals surface area contributed by atoms with Crippen molar-refractivity contribution in [2.45, 2.75) is 26.4 Å². The van der Waals surface area contributed by atoms with Crippen molar-refractivity contribution < 1.29 is 14.2 Å². The van der Waals surface area contributed by atoms with E-state index >= 15 is 0 Å². The lowest BCUT2D eigenvalue weighted by Crippen LogP contribution is -2.12. The second-order valence-electron chi connectivity index (χ2n) is 4.94. The van der Waals surface area contributed by atoms with Gasteiger partial charge in [0.05, 0.1) is 19.3 Å². The smallest absolute Gasteiger partial charge is 0.125 e. The molecule has 4 heteroatoms. The highest BCUT2D eigenvalue weighted by Crippen LogP contribution is 2.26. The number of hydrogen-bond donors (Lipinski definition) is 1. The van der Waals surface area contributed by atoms with Crippen LogP contribution in [0.3, 0.4) is 0 Å². The second-order valence-corrected chi connectivity index (χ2v) is 4.94. The van der Waals surface area contributed by atoms with Gasteiger partial charge in [0, 0.05) is 36.4 Å². The average Bonchev–Trinajstić information content (AvgIpc) is 2.77. The maximum absolute atomic E-state index is 5.83. The van der Waals surface area contributed by atoms with Crippen LogP contribution >= 0.6 is 0 Å². The third-order valence-electron chi connectivity index (χ3n) is 2.78. The van der Waals surface area contributed by atoms with Gasteiger partial charge in [-0.25, -0.2) is 0 Å². The lowest BCUT2D eigenvalue weighted by atomic mass is 10.1. The summed E-state index contributed by atoms with van der Waals surface area (Å²) in [7, 11) is 0. The first-order chi connectivity index (χ1) is 8.63. The van der Waals surface area contributed by atoms with Crippen molar-refractivity contribution >= 4 is 5.69 Å². The molecular formula is C14H21NO3. The Kier molecular flexibility index (Phi) is 4.31. The monoisotopic (exact) mass is 251 g/mol. The van der Waals surface area contributed by atoms with E-state index in [1.807, 2.05) is 32.0 Å². The van der Waals surface area contributed by atoms with Crippen molar-refractivity contribution in [3.63, 3.8) is 0 Å². The van der Waals surface area contributed by atoms with E-state index in [-0.39, 0.29) is 6.10 Å². The molecule has 0 amide bonds. The van der Waals surface area contributed by atoms with Gasteiger partial charge < -0.3 is 19.9 Å². The van der Waals surface area contributed by atoms with E-state index in [9.17, 15) is 0 Å². The molecule has 0 bridgehead atoms. The Balaban J connectivity index is 1.96. The van der Waals surface area contributed by atoms with Crippen molar-refractivity contribution in [1.29, 1.82) is 0 Å². The molecule has 1 atom stereocenters. The van der Waals surface area contributed by atoms with Crippen molar-refractivity contribution in [3.05, 3.63) is 18.2 Å². The van der Waals surface area contributed by atoms with Gasteiger partial charge in [-0.15, -0.1) is 0 Å². The minimum Gasteiger partial charge on any atom is -0.493 e. The normalized spacial score (nSPS) is 19.2. The third-order valence-corrected chi connectivity index (χ3v) is 2.78. The molecule has 1 unspecified atom stereocenters. The molecule has 1 aromatic rings. The molecule has 1 aliphatic rings. The van der Waals surface area contributed by atoms with Crippen LogP contribution in [-0.2, 0) is 4.74 Å². The molecule has 1 saturated heterocycles. The zero-order valence-electron chi connectivity index (χ0n) is 11.0. The van der Waals surface area contributed by atoms with Gasteiger partial charge in [-0.3, -0.25) is 0 Å². The molecule has 0 spiro atoms. The predicted octanol–water partition coefficient (Wildman–Crippen LogP) is 2.47. The molecule has 1 heterocycles. The van der Waals surface area contributed by atoms with Crippen LogP contribution in [0.25, 0.3) is 0 Å². The van der Waals surface area contributed by atoms with Crippen molar-refractivity contribution in [1.82, 2.24) is 0 Å². The minimum atomic E-state index is 0.128. The number of nitrogen functional groups attached to an aromatic ring is 1. The summed E-state index contributed by atoms with van der Waals surface area (Å²) >= 11 is 0. The lowest BCUT2D eigenvalue weighted by molar-refractivity contribution is 0.167. The number of nitrogens with two attached hydrogens (primary N) is 1. The fourth-order valence-electron chi connectivity index (χ4n) is 1.95. The third kappa shape index (κ3) is 3.81. The first-order valence-corrected chi connectivity index (χ1v) is 6.41. The molecule has 1 fully saturated rings. The molecular weight excluding hydrogens is 230 g/mol. The van der Waals surface area contributed by atoms with Gasteiger partial charge in [0.2, 0.25) is 0 Å². The zero-order valence-corrected chi connectivity index (χ0v) is 11.0. The lowest BCUT2D eigenvalue weighted by Gasteiger charge is -2.14. The van der Waals surface area contributed by atoms with E-state index < -0.39 is 0 Å². The van der Waals surface area contributed by atoms with Crippen LogP contribution in [0, 0.1) is 5.92 Å². The summed E-state index contributed by atoms with van der Waals surface area (Å²) in [6.07, 6.45) is 1.19. The molecule has 18 heavy (non-hydrogen) atoms. The van der Waals surface area contributed by atoms with E-state index in [4.69, 9.17) is 19.9 Å². The Hall–Kier alpha value is -1.42. The molecule has 2 rings (SSSR count). The molecule has 0 aliphatic carbocycles. The molecule has 0 aromatic heterocycles. The number of anilines is 1. The molecule has 1 aromatic carbocycles. The van der Waals surface area contributed by atoms with Gasteiger partial charge >= 0.3 is 0 Å². The highest BCUT2D eigenvalue weighted by atomic mass is 16.5. The first-order valence-electron chi connectivity index (χ1n) is 6.41. The van der Waals surface area contributed by atoms with Crippen LogP contribution in [0.4, 0.5) is 5.69 Å². The minimum absolute atomic E-state index is 0.128. The molecule has 4 nitrogen and oxygen atoms in total. The fraction of sp³-hybridized carbons (Fsp3) is 0.571. The van der Waals surface area contributed by atoms with Crippen molar-refractivity contribution in [2.24, 2.45) is 5.92 Å². The van der Waals surface area contributed by atoms with Gasteiger partial charge in [-0.2, -0.15) is 0 Å². The first kappa shape index (κ1) is 13.0. The standard InChI is InChI=1S/C14H21NO3/c1-10(2)18-14-6-12(15)5-13(7-14)17-9-11-3-4-16-8-11/h5-7,10-11H,3-4,8-9,15H2,1-2H3. The van der Waals surface area contributed by atoms with Crippen LogP contribution in [0.1, 0.15) is 20.3 Å². The summed E-state index contributed by atoms with van der Waals surface area (Å²) in [4.78, 5) is 0. The Bertz CT molecular complexity index is 387. The Morgan fingerprint density at radius 2 is 2.11 bits per heavy atom. The molecule has 0 saturated carbocycles. The van der Waals surface area contributed by atoms with E-state index in [1.165, 1.54) is 0 Å². The largest absolute Gasteiger partial charge is 0.493 e. The number of hydrogen-bond acceptors (Lipinski definition) is 4. The summed E-state index contributed by atoms with van der Waals surface area (Å²) in [6.45, 7) is 6.27. The summed E-state index contributed by atoms with van der Waals surface area (Å²) < 4.78 is 16.7. The maximum atomic E-state index is 5.83. The van der Waals surface area contributed by atoms with E-state index in [2.05, 4.69) is 0 Å². The Labute approximate surface area is 108 Å². The highest BCUT2D eigenvalue weighted by molar-refractivity contribution is 5.50. The summed E-state index contributed by atoms with van der Waals surface area (Å²) in [5.41, 5.74) is 6.49. The predicted molar refractivity (Wildman–Crippen MR) is 71.0 cm³/mol. The second kappa shape index (κ2) is 5.96. The molecule has 100 valence electrons. The van der Waals surface area contributed by atoms with Crippen LogP contribution < -0.4 is 15.2 Å². The van der Waals surface area contributed by atoms with Crippen LogP contribution in [0.15, 0.2) is 18.2 Å². The average molecular weight is 251 g/mol. The van der Waals surface area contributed by atoms with Gasteiger partial charge in [0.1, 0.15) is 11.5 Å². The topological polar surface area (TPSA) is 53.7 Å². The zero-order chi connectivity index (χ0) is 13.0. The van der Waals surface area contributed by atoms with E-state index in [0.29, 0.717) is 18.2 Å². The van der Waals surface area contributed by atoms with Crippen LogP contribution in [-0.4, -0.2) is 25.9 Å². The number of benzene rings is 1. The summed E-state index contributed by atoms with van der Waals surface area (Å²) in [5, 5.41) is 0. The van der Waals surface area contributed by atoms with Gasteiger partial charge in [0.25, 0.3) is 0 Å². The van der Waals surface area contributed by atoms with Crippen LogP contribution in [0.2, 0.25) is 0 Å². The van der Waals surface area contributed by atoms with E-state index in [1.54, 1.807) is 0 Å². The number of rotatable bonds is 5. The van der Waals surface area contributed by atoms with Crippen molar-refractivity contribution in [2.75, 3.05) is 25.6 Å². The Morgan fingerprint density at radius 1 is 1.33 bits per heavy atom. The Morgan fingerprint density at radius 3 is 2.78 bits per heavy atom.